The first-order valence-corrected chi connectivity index (χ1v) is 15.6. The van der Waals surface area contributed by atoms with Crippen LogP contribution < -0.4 is 10.5 Å². The van der Waals surface area contributed by atoms with Gasteiger partial charge in [-0.1, -0.05) is 19.3 Å². The zero-order valence-corrected chi connectivity index (χ0v) is 24.2. The van der Waals surface area contributed by atoms with Crippen molar-refractivity contribution in [2.75, 3.05) is 13.7 Å². The molecule has 8 heteroatoms. The van der Waals surface area contributed by atoms with Crippen LogP contribution in [0.15, 0.2) is 30.3 Å². The van der Waals surface area contributed by atoms with E-state index in [-0.39, 0.29) is 18.0 Å². The molecule has 1 aliphatic heterocycles. The molecule has 8 rings (SSSR count). The van der Waals surface area contributed by atoms with E-state index in [9.17, 15) is 4.79 Å². The number of ether oxygens (including phenoxy) is 1. The van der Waals surface area contributed by atoms with Gasteiger partial charge in [-0.3, -0.25) is 4.79 Å². The van der Waals surface area contributed by atoms with Gasteiger partial charge in [-0.25, -0.2) is 9.97 Å². The number of piperidine rings is 1. The second-order valence-corrected chi connectivity index (χ2v) is 13.0. The van der Waals surface area contributed by atoms with Gasteiger partial charge in [-0.15, -0.1) is 0 Å². The molecule has 2 bridgehead atoms. The largest absolute Gasteiger partial charge is 0.494 e. The topological polar surface area (TPSA) is 91.2 Å². The molecule has 3 aromatic heterocycles. The molecule has 0 spiro atoms. The molecule has 214 valence electrons. The number of methoxy groups -OCH3 is 1. The molecular formula is C33H40N6O2. The number of nitrogens with zero attached hydrogens (tertiary/aromatic N) is 5. The molecule has 8 nitrogen and oxygen atoms in total. The third-order valence-electron chi connectivity index (χ3n) is 10.5. The van der Waals surface area contributed by atoms with Crippen molar-refractivity contribution in [1.82, 2.24) is 24.0 Å². The second kappa shape index (κ2) is 9.58. The van der Waals surface area contributed by atoms with Gasteiger partial charge in [0.05, 0.1) is 18.3 Å². The maximum absolute atomic E-state index is 13.7. The second-order valence-electron chi connectivity index (χ2n) is 13.0. The van der Waals surface area contributed by atoms with Crippen LogP contribution >= 0.6 is 0 Å². The van der Waals surface area contributed by atoms with Gasteiger partial charge in [0, 0.05) is 54.8 Å². The van der Waals surface area contributed by atoms with Crippen LogP contribution in [-0.2, 0) is 13.6 Å². The summed E-state index contributed by atoms with van der Waals surface area (Å²) >= 11 is 0. The molecule has 0 radical (unpaired) electrons. The fourth-order valence-corrected chi connectivity index (χ4v) is 7.96. The summed E-state index contributed by atoms with van der Waals surface area (Å²) in [6, 6.07) is 10.8. The molecule has 2 N–H and O–H groups in total. The molecule has 4 aromatic rings. The van der Waals surface area contributed by atoms with Gasteiger partial charge < -0.3 is 24.5 Å². The summed E-state index contributed by atoms with van der Waals surface area (Å²) in [7, 11) is 3.72. The predicted octanol–water partition coefficient (Wildman–Crippen LogP) is 5.62. The Bertz CT molecular complexity index is 1660. The number of hydrogen-bond donors (Lipinski definition) is 1. The van der Waals surface area contributed by atoms with E-state index in [0.29, 0.717) is 29.1 Å². The first-order valence-electron chi connectivity index (χ1n) is 15.6. The summed E-state index contributed by atoms with van der Waals surface area (Å²) in [5, 5.41) is 1.16. The number of rotatable bonds is 6. The van der Waals surface area contributed by atoms with Gasteiger partial charge in [-0.05, 0) is 80.7 Å². The minimum absolute atomic E-state index is 0.0299. The number of fused-ring (bicyclic) bond motifs is 4. The van der Waals surface area contributed by atoms with Crippen molar-refractivity contribution in [2.24, 2.45) is 24.6 Å². The average Bonchev–Trinajstić information content (AvgIpc) is 3.41. The Kier molecular flexibility index (Phi) is 5.92. The Morgan fingerprint density at radius 1 is 1.02 bits per heavy atom. The van der Waals surface area contributed by atoms with Gasteiger partial charge in [0.1, 0.15) is 16.9 Å². The molecule has 4 fully saturated rings. The zero-order chi connectivity index (χ0) is 27.8. The number of imidazole rings is 1. The van der Waals surface area contributed by atoms with E-state index < -0.39 is 0 Å². The summed E-state index contributed by atoms with van der Waals surface area (Å²) in [6.07, 6.45) is 11.1. The lowest BCUT2D eigenvalue weighted by Gasteiger charge is -2.27. The van der Waals surface area contributed by atoms with Crippen molar-refractivity contribution in [3.63, 3.8) is 0 Å². The summed E-state index contributed by atoms with van der Waals surface area (Å²) in [6.45, 7) is 1.71. The maximum atomic E-state index is 13.7. The van der Waals surface area contributed by atoms with Gasteiger partial charge in [-0.2, -0.15) is 0 Å². The van der Waals surface area contributed by atoms with Gasteiger partial charge in [0.25, 0.3) is 5.91 Å². The highest BCUT2D eigenvalue weighted by molar-refractivity contribution is 6.00. The number of hydrogen-bond acceptors (Lipinski definition) is 5. The normalized spacial score (nSPS) is 24.7. The van der Waals surface area contributed by atoms with E-state index >= 15 is 0 Å². The number of pyridine rings is 1. The van der Waals surface area contributed by atoms with E-state index in [1.807, 2.05) is 24.1 Å². The number of benzene rings is 1. The van der Waals surface area contributed by atoms with Crippen LogP contribution in [0.5, 0.6) is 5.75 Å². The number of carbonyl (C=O) groups excluding carboxylic acids is 1. The number of aromatic nitrogens is 4. The first-order chi connectivity index (χ1) is 20.0. The molecular weight excluding hydrogens is 512 g/mol. The lowest BCUT2D eigenvalue weighted by molar-refractivity contribution is 0.0700. The zero-order valence-electron chi connectivity index (χ0n) is 24.2. The summed E-state index contributed by atoms with van der Waals surface area (Å²) in [5.74, 6) is 3.25. The molecule has 4 aliphatic rings. The quantitative estimate of drug-likeness (QED) is 0.335. The number of nitrogens with two attached hydrogens (primary N) is 1. The van der Waals surface area contributed by atoms with E-state index in [4.69, 9.17) is 20.4 Å². The Morgan fingerprint density at radius 3 is 2.56 bits per heavy atom. The first kappa shape index (κ1) is 25.3. The Hall–Kier alpha value is -3.39. The van der Waals surface area contributed by atoms with Crippen LogP contribution in [0.1, 0.15) is 79.8 Å². The molecule has 1 amide bonds. The van der Waals surface area contributed by atoms with Crippen LogP contribution in [0.3, 0.4) is 0 Å². The standard InChI is InChI=1S/C33H40N6O2/c1-37-30-25(14-23(16-28(30)41-2)33(40)39-18-22-11-13-26(39)29(22)34)36-32(37)27-15-21-10-12-24(20-6-4-3-5-7-20)35-31(21)38(27)17-19-8-9-19/h10,12,14-16,19-20,22,26,29H,3-9,11,13,17-18,34H2,1-2H3/t22?,26?,29-/m1/s1. The van der Waals surface area contributed by atoms with Crippen molar-refractivity contribution < 1.29 is 9.53 Å². The highest BCUT2D eigenvalue weighted by Crippen LogP contribution is 2.41. The summed E-state index contributed by atoms with van der Waals surface area (Å²) in [4.78, 5) is 26.1. The summed E-state index contributed by atoms with van der Waals surface area (Å²) in [5.41, 5.74) is 12.1. The molecule has 4 heterocycles. The van der Waals surface area contributed by atoms with E-state index in [2.05, 4.69) is 27.3 Å². The predicted molar refractivity (Wildman–Crippen MR) is 160 cm³/mol. The van der Waals surface area contributed by atoms with Crippen LogP contribution in [0.2, 0.25) is 0 Å². The van der Waals surface area contributed by atoms with Gasteiger partial charge in [0.2, 0.25) is 0 Å². The third kappa shape index (κ3) is 4.09. The van der Waals surface area contributed by atoms with Crippen molar-refractivity contribution in [1.29, 1.82) is 0 Å². The SMILES string of the molecule is COc1cc(C(=O)N2CC3CCC2[C@@H]3N)cc2nc(-c3cc4ccc(C5CCCCC5)nc4n3CC3CC3)n(C)c12. The number of likely N-dealkylation sites (tertiary alicyclic amines) is 1. The highest BCUT2D eigenvalue weighted by Gasteiger charge is 2.47. The Morgan fingerprint density at radius 2 is 1.85 bits per heavy atom. The van der Waals surface area contributed by atoms with Crippen molar-refractivity contribution in [3.8, 4) is 17.3 Å². The van der Waals surface area contributed by atoms with Gasteiger partial charge >= 0.3 is 0 Å². The van der Waals surface area contributed by atoms with Crippen molar-refractivity contribution in [2.45, 2.75) is 82.3 Å². The van der Waals surface area contributed by atoms with Crippen molar-refractivity contribution in [3.05, 3.63) is 41.6 Å². The minimum Gasteiger partial charge on any atom is -0.494 e. The van der Waals surface area contributed by atoms with Crippen LogP contribution in [0.25, 0.3) is 33.6 Å². The van der Waals surface area contributed by atoms with E-state index in [1.165, 1.54) is 50.6 Å². The molecule has 1 aromatic carbocycles. The molecule has 1 saturated heterocycles. The lowest BCUT2D eigenvalue weighted by Crippen LogP contribution is -2.41. The van der Waals surface area contributed by atoms with E-state index in [1.54, 1.807) is 7.11 Å². The van der Waals surface area contributed by atoms with Crippen LogP contribution in [0.4, 0.5) is 0 Å². The number of carbonyl (C=O) groups is 1. The third-order valence-corrected chi connectivity index (χ3v) is 10.5. The highest BCUT2D eigenvalue weighted by atomic mass is 16.5. The molecule has 41 heavy (non-hydrogen) atoms. The number of amides is 1. The number of aryl methyl sites for hydroxylation is 1. The minimum atomic E-state index is 0.0299. The smallest absolute Gasteiger partial charge is 0.254 e. The van der Waals surface area contributed by atoms with Gasteiger partial charge in [0.15, 0.2) is 5.82 Å². The van der Waals surface area contributed by atoms with Crippen LogP contribution in [-0.4, -0.2) is 55.6 Å². The summed E-state index contributed by atoms with van der Waals surface area (Å²) < 4.78 is 10.4. The lowest BCUT2D eigenvalue weighted by atomic mass is 9.86. The monoisotopic (exact) mass is 552 g/mol. The fourth-order valence-electron chi connectivity index (χ4n) is 7.96. The van der Waals surface area contributed by atoms with E-state index in [0.717, 1.165) is 59.5 Å². The molecule has 2 unspecified atom stereocenters. The van der Waals surface area contributed by atoms with Crippen molar-refractivity contribution >= 4 is 28.0 Å². The Balaban J connectivity index is 1.22. The maximum Gasteiger partial charge on any atom is 0.254 e. The molecule has 3 aliphatic carbocycles. The Labute approximate surface area is 240 Å². The molecule has 3 atom stereocenters. The van der Waals surface area contributed by atoms with Crippen LogP contribution in [0, 0.1) is 11.8 Å². The molecule has 3 saturated carbocycles. The fraction of sp³-hybridized carbons (Fsp3) is 0.545. The average molecular weight is 553 g/mol.